The van der Waals surface area contributed by atoms with E-state index in [-0.39, 0.29) is 0 Å². The molecule has 0 saturated heterocycles. The molecule has 11 heavy (non-hydrogen) atoms. The molecule has 1 fully saturated rings. The number of rotatable bonds is 0. The van der Waals surface area contributed by atoms with E-state index in [1.165, 1.54) is 25.7 Å². The van der Waals surface area contributed by atoms with E-state index in [4.69, 9.17) is 0 Å². The van der Waals surface area contributed by atoms with Crippen molar-refractivity contribution in [1.82, 2.24) is 0 Å². The van der Waals surface area contributed by atoms with Crippen molar-refractivity contribution in [3.05, 3.63) is 0 Å². The van der Waals surface area contributed by atoms with Crippen molar-refractivity contribution >= 4 is 7.85 Å². The van der Waals surface area contributed by atoms with Gasteiger partial charge in [0.1, 0.15) is 7.85 Å². The molecule has 1 heteroatoms. The second-order valence-corrected chi connectivity index (χ2v) is 5.32. The third-order valence-electron chi connectivity index (χ3n) is 3.24. The molecule has 0 spiro atoms. The molecule has 1 aliphatic rings. The molecule has 0 aromatic carbocycles. The molecule has 0 amide bonds. The van der Waals surface area contributed by atoms with Crippen LogP contribution in [0.4, 0.5) is 0 Å². The van der Waals surface area contributed by atoms with Crippen molar-refractivity contribution in [3.63, 3.8) is 0 Å². The number of hydrogen-bond acceptors (Lipinski definition) is 0. The predicted molar refractivity (Wildman–Crippen MR) is 53.7 cm³/mol. The SMILES string of the molecule is BC1CCC(C(C)(C)C)CC1. The second-order valence-electron chi connectivity index (χ2n) is 5.32. The molecule has 1 rings (SSSR count). The molecule has 0 nitrogen and oxygen atoms in total. The van der Waals surface area contributed by atoms with Gasteiger partial charge >= 0.3 is 0 Å². The van der Waals surface area contributed by atoms with Crippen LogP contribution in [0.5, 0.6) is 0 Å². The van der Waals surface area contributed by atoms with Gasteiger partial charge in [0.25, 0.3) is 0 Å². The average Bonchev–Trinajstić information content (AvgIpc) is 1.86. The van der Waals surface area contributed by atoms with Gasteiger partial charge in [0.15, 0.2) is 0 Å². The largest absolute Gasteiger partial charge is 0.105 e. The van der Waals surface area contributed by atoms with Gasteiger partial charge in [-0.05, 0) is 11.3 Å². The lowest BCUT2D eigenvalue weighted by Gasteiger charge is -2.36. The Morgan fingerprint density at radius 1 is 1.00 bits per heavy atom. The zero-order valence-corrected chi connectivity index (χ0v) is 8.48. The summed E-state index contributed by atoms with van der Waals surface area (Å²) < 4.78 is 0. The van der Waals surface area contributed by atoms with Gasteiger partial charge in [-0.25, -0.2) is 0 Å². The Morgan fingerprint density at radius 3 is 1.82 bits per heavy atom. The fourth-order valence-corrected chi connectivity index (χ4v) is 2.13. The van der Waals surface area contributed by atoms with E-state index in [0.29, 0.717) is 5.41 Å². The minimum atomic E-state index is 0.556. The van der Waals surface area contributed by atoms with E-state index in [0.717, 1.165) is 11.7 Å². The highest BCUT2D eigenvalue weighted by Crippen LogP contribution is 2.40. The first-order chi connectivity index (χ1) is 5.00. The highest BCUT2D eigenvalue weighted by atomic mass is 14.3. The van der Waals surface area contributed by atoms with E-state index >= 15 is 0 Å². The van der Waals surface area contributed by atoms with Crippen LogP contribution in [0.3, 0.4) is 0 Å². The first-order valence-corrected chi connectivity index (χ1v) is 5.00. The van der Waals surface area contributed by atoms with E-state index in [1.54, 1.807) is 0 Å². The van der Waals surface area contributed by atoms with Crippen molar-refractivity contribution in [2.45, 2.75) is 52.3 Å². The molecule has 0 N–H and O–H groups in total. The van der Waals surface area contributed by atoms with Gasteiger partial charge < -0.3 is 0 Å². The Hall–Kier alpha value is 0.0649. The summed E-state index contributed by atoms with van der Waals surface area (Å²) in [6, 6.07) is 0. The molecular formula is C10H21B. The van der Waals surface area contributed by atoms with Crippen LogP contribution in [0.25, 0.3) is 0 Å². The summed E-state index contributed by atoms with van der Waals surface area (Å²) in [5.74, 6) is 1.98. The number of hydrogen-bond donors (Lipinski definition) is 0. The summed E-state index contributed by atoms with van der Waals surface area (Å²) in [4.78, 5) is 0. The Kier molecular flexibility index (Phi) is 2.67. The molecule has 64 valence electrons. The Bertz CT molecular complexity index is 115. The predicted octanol–water partition coefficient (Wildman–Crippen LogP) is 2.64. The second kappa shape index (κ2) is 3.20. The van der Waals surface area contributed by atoms with Gasteiger partial charge in [-0.3, -0.25) is 0 Å². The van der Waals surface area contributed by atoms with Crippen LogP contribution in [0.1, 0.15) is 46.5 Å². The molecule has 0 aromatic heterocycles. The summed E-state index contributed by atoms with van der Waals surface area (Å²) >= 11 is 0. The maximum atomic E-state index is 2.39. The lowest BCUT2D eigenvalue weighted by molar-refractivity contribution is 0.180. The minimum absolute atomic E-state index is 0.556. The summed E-state index contributed by atoms with van der Waals surface area (Å²) in [6.07, 6.45) is 5.85. The van der Waals surface area contributed by atoms with Crippen molar-refractivity contribution < 1.29 is 0 Å². The summed E-state index contributed by atoms with van der Waals surface area (Å²) in [6.45, 7) is 7.15. The third kappa shape index (κ3) is 2.54. The topological polar surface area (TPSA) is 0 Å². The Morgan fingerprint density at radius 2 is 1.45 bits per heavy atom. The third-order valence-corrected chi connectivity index (χ3v) is 3.24. The molecule has 1 saturated carbocycles. The maximum Gasteiger partial charge on any atom is 0.105 e. The highest BCUT2D eigenvalue weighted by molar-refractivity contribution is 6.11. The van der Waals surface area contributed by atoms with Crippen LogP contribution in [0, 0.1) is 11.3 Å². The highest BCUT2D eigenvalue weighted by Gasteiger charge is 2.27. The zero-order chi connectivity index (χ0) is 8.48. The molecule has 1 aliphatic carbocycles. The molecular weight excluding hydrogens is 131 g/mol. The molecule has 0 bridgehead atoms. The lowest BCUT2D eigenvalue weighted by Crippen LogP contribution is -2.24. The van der Waals surface area contributed by atoms with Crippen LogP contribution in [0.2, 0.25) is 5.82 Å². The molecule has 0 unspecified atom stereocenters. The Balaban J connectivity index is 2.39. The maximum absolute atomic E-state index is 2.39. The molecule has 0 aromatic rings. The van der Waals surface area contributed by atoms with Gasteiger partial charge in [0, 0.05) is 0 Å². The normalized spacial score (nSPS) is 33.7. The Labute approximate surface area is 72.2 Å². The smallest absolute Gasteiger partial charge is 0.0697 e. The lowest BCUT2D eigenvalue weighted by atomic mass is 9.65. The molecule has 0 heterocycles. The van der Waals surface area contributed by atoms with Gasteiger partial charge in [-0.2, -0.15) is 0 Å². The zero-order valence-electron chi connectivity index (χ0n) is 8.48. The van der Waals surface area contributed by atoms with Crippen LogP contribution in [-0.4, -0.2) is 7.85 Å². The van der Waals surface area contributed by atoms with Crippen LogP contribution in [-0.2, 0) is 0 Å². The van der Waals surface area contributed by atoms with Crippen LogP contribution < -0.4 is 0 Å². The minimum Gasteiger partial charge on any atom is -0.0697 e. The van der Waals surface area contributed by atoms with Gasteiger partial charge in [0.2, 0.25) is 0 Å². The van der Waals surface area contributed by atoms with Gasteiger partial charge in [0.05, 0.1) is 0 Å². The van der Waals surface area contributed by atoms with Crippen molar-refractivity contribution in [2.24, 2.45) is 11.3 Å². The van der Waals surface area contributed by atoms with Crippen LogP contribution >= 0.6 is 0 Å². The van der Waals surface area contributed by atoms with Crippen LogP contribution in [0.15, 0.2) is 0 Å². The molecule has 0 aliphatic heterocycles. The first-order valence-electron chi connectivity index (χ1n) is 5.00. The average molecular weight is 152 g/mol. The summed E-state index contributed by atoms with van der Waals surface area (Å²) in [5.41, 5.74) is 0.556. The van der Waals surface area contributed by atoms with Crippen molar-refractivity contribution in [2.75, 3.05) is 0 Å². The summed E-state index contributed by atoms with van der Waals surface area (Å²) in [7, 11) is 2.39. The van der Waals surface area contributed by atoms with Gasteiger partial charge in [-0.1, -0.05) is 52.3 Å². The fourth-order valence-electron chi connectivity index (χ4n) is 2.13. The van der Waals surface area contributed by atoms with Gasteiger partial charge in [-0.15, -0.1) is 0 Å². The monoisotopic (exact) mass is 152 g/mol. The van der Waals surface area contributed by atoms with Crippen molar-refractivity contribution in [3.8, 4) is 0 Å². The molecule has 0 atom stereocenters. The molecule has 0 radical (unpaired) electrons. The quantitative estimate of drug-likeness (QED) is 0.468. The van der Waals surface area contributed by atoms with E-state index in [1.807, 2.05) is 0 Å². The standard InChI is InChI=1S/C10H21B/c1-10(2,3)8-4-6-9(11)7-5-8/h8-9H,4-7,11H2,1-3H3. The van der Waals surface area contributed by atoms with Crippen molar-refractivity contribution in [1.29, 1.82) is 0 Å². The van der Waals surface area contributed by atoms with E-state index in [2.05, 4.69) is 28.6 Å². The first kappa shape index (κ1) is 9.16. The van der Waals surface area contributed by atoms with E-state index < -0.39 is 0 Å². The fraction of sp³-hybridized carbons (Fsp3) is 1.00. The summed E-state index contributed by atoms with van der Waals surface area (Å²) in [5, 5.41) is 0. The van der Waals surface area contributed by atoms with E-state index in [9.17, 15) is 0 Å².